The average molecular weight is 320 g/mol. The summed E-state index contributed by atoms with van der Waals surface area (Å²) in [5.74, 6) is 1.36. The number of nitrogens with zero attached hydrogens (tertiary/aromatic N) is 1. The molecule has 0 atom stereocenters. The summed E-state index contributed by atoms with van der Waals surface area (Å²) < 4.78 is 31.4. The summed E-state index contributed by atoms with van der Waals surface area (Å²) in [4.78, 5) is 0. The van der Waals surface area contributed by atoms with E-state index in [0.29, 0.717) is 24.9 Å². The van der Waals surface area contributed by atoms with E-state index in [9.17, 15) is 8.42 Å². The van der Waals surface area contributed by atoms with Crippen LogP contribution >= 0.6 is 0 Å². The highest BCUT2D eigenvalue weighted by Crippen LogP contribution is 2.19. The van der Waals surface area contributed by atoms with Gasteiger partial charge >= 0.3 is 0 Å². The maximum absolute atomic E-state index is 12.2. The standard InChI is InChI=1S/C15H32N2O3S/c1-13(2)11-16-12-15-5-7-17(8-6-15)21(18,19)10-9-20-14(3)4/h13-16H,5-12H2,1-4H3. The molecule has 1 N–H and O–H groups in total. The SMILES string of the molecule is CC(C)CNCC1CCN(S(=O)(=O)CCOC(C)C)CC1. The Kier molecular flexibility index (Phi) is 8.16. The van der Waals surface area contributed by atoms with Crippen molar-refractivity contribution in [2.75, 3.05) is 38.5 Å². The van der Waals surface area contributed by atoms with Crippen molar-refractivity contribution >= 4 is 10.0 Å². The van der Waals surface area contributed by atoms with Crippen LogP contribution in [0.5, 0.6) is 0 Å². The minimum atomic E-state index is -3.15. The monoisotopic (exact) mass is 320 g/mol. The molecule has 0 aromatic rings. The third kappa shape index (κ3) is 7.58. The zero-order chi connectivity index (χ0) is 15.9. The molecule has 1 saturated heterocycles. The summed E-state index contributed by atoms with van der Waals surface area (Å²) >= 11 is 0. The van der Waals surface area contributed by atoms with Gasteiger partial charge in [-0.05, 0) is 51.6 Å². The van der Waals surface area contributed by atoms with E-state index in [1.807, 2.05) is 13.8 Å². The summed E-state index contributed by atoms with van der Waals surface area (Å²) in [6, 6.07) is 0. The molecular weight excluding hydrogens is 288 g/mol. The van der Waals surface area contributed by atoms with Gasteiger partial charge in [-0.15, -0.1) is 0 Å². The molecule has 0 saturated carbocycles. The van der Waals surface area contributed by atoms with E-state index >= 15 is 0 Å². The van der Waals surface area contributed by atoms with Crippen molar-refractivity contribution in [2.24, 2.45) is 11.8 Å². The van der Waals surface area contributed by atoms with Crippen molar-refractivity contribution in [1.29, 1.82) is 0 Å². The number of hydrogen-bond acceptors (Lipinski definition) is 4. The number of sulfonamides is 1. The Labute approximate surface area is 130 Å². The zero-order valence-electron chi connectivity index (χ0n) is 14.0. The maximum Gasteiger partial charge on any atom is 0.216 e. The summed E-state index contributed by atoms with van der Waals surface area (Å²) in [6.45, 7) is 11.9. The van der Waals surface area contributed by atoms with Crippen molar-refractivity contribution in [1.82, 2.24) is 9.62 Å². The molecular formula is C15H32N2O3S. The van der Waals surface area contributed by atoms with E-state index < -0.39 is 10.0 Å². The van der Waals surface area contributed by atoms with Crippen molar-refractivity contribution in [3.8, 4) is 0 Å². The third-order valence-corrected chi connectivity index (χ3v) is 5.58. The van der Waals surface area contributed by atoms with Gasteiger partial charge in [0.05, 0.1) is 18.5 Å². The fourth-order valence-electron chi connectivity index (χ4n) is 2.49. The zero-order valence-corrected chi connectivity index (χ0v) is 14.8. The number of nitrogens with one attached hydrogen (secondary N) is 1. The molecule has 1 aliphatic rings. The van der Waals surface area contributed by atoms with E-state index in [0.717, 1.165) is 25.9 Å². The van der Waals surface area contributed by atoms with Crippen LogP contribution in [0.2, 0.25) is 0 Å². The second-order valence-electron chi connectivity index (χ2n) is 6.63. The first-order chi connectivity index (χ1) is 9.81. The molecule has 0 bridgehead atoms. The number of rotatable bonds is 9. The Bertz CT molecular complexity index is 374. The largest absolute Gasteiger partial charge is 0.378 e. The number of hydrogen-bond donors (Lipinski definition) is 1. The average Bonchev–Trinajstić information content (AvgIpc) is 2.38. The van der Waals surface area contributed by atoms with Gasteiger partial charge in [0.15, 0.2) is 0 Å². The predicted octanol–water partition coefficient (Wildman–Crippen LogP) is 1.70. The maximum atomic E-state index is 12.2. The fourth-order valence-corrected chi connectivity index (χ4v) is 3.82. The molecule has 1 heterocycles. The van der Waals surface area contributed by atoms with Crippen molar-refractivity contribution < 1.29 is 13.2 Å². The molecule has 0 aromatic heterocycles. The highest BCUT2D eigenvalue weighted by atomic mass is 32.2. The van der Waals surface area contributed by atoms with Gasteiger partial charge in [-0.3, -0.25) is 0 Å². The summed E-state index contributed by atoms with van der Waals surface area (Å²) in [6.07, 6.45) is 1.99. The highest BCUT2D eigenvalue weighted by molar-refractivity contribution is 7.89. The molecule has 0 radical (unpaired) electrons. The van der Waals surface area contributed by atoms with E-state index in [1.165, 1.54) is 0 Å². The number of ether oxygens (including phenoxy) is 1. The first-order valence-corrected chi connectivity index (χ1v) is 9.72. The van der Waals surface area contributed by atoms with Crippen molar-refractivity contribution in [3.63, 3.8) is 0 Å². The Morgan fingerprint density at radius 1 is 1.19 bits per heavy atom. The van der Waals surface area contributed by atoms with Crippen LogP contribution in [-0.4, -0.2) is 57.4 Å². The van der Waals surface area contributed by atoms with Gasteiger partial charge in [0, 0.05) is 13.1 Å². The van der Waals surface area contributed by atoms with Crippen LogP contribution in [0, 0.1) is 11.8 Å². The first-order valence-electron chi connectivity index (χ1n) is 8.11. The van der Waals surface area contributed by atoms with Gasteiger partial charge in [0.25, 0.3) is 0 Å². The molecule has 0 amide bonds. The normalized spacial score (nSPS) is 18.8. The lowest BCUT2D eigenvalue weighted by Gasteiger charge is -2.31. The van der Waals surface area contributed by atoms with Gasteiger partial charge in [-0.1, -0.05) is 13.8 Å². The lowest BCUT2D eigenvalue weighted by molar-refractivity contribution is 0.0905. The second-order valence-corrected chi connectivity index (χ2v) is 8.72. The molecule has 126 valence electrons. The summed E-state index contributed by atoms with van der Waals surface area (Å²) in [5, 5.41) is 3.47. The van der Waals surface area contributed by atoms with E-state index in [-0.39, 0.29) is 18.5 Å². The lowest BCUT2D eigenvalue weighted by Crippen LogP contribution is -2.42. The Morgan fingerprint density at radius 2 is 1.81 bits per heavy atom. The minimum absolute atomic E-state index is 0.0815. The Morgan fingerprint density at radius 3 is 2.33 bits per heavy atom. The molecule has 0 aromatic carbocycles. The summed E-state index contributed by atoms with van der Waals surface area (Å²) in [7, 11) is -3.15. The summed E-state index contributed by atoms with van der Waals surface area (Å²) in [5.41, 5.74) is 0. The third-order valence-electron chi connectivity index (χ3n) is 3.74. The van der Waals surface area contributed by atoms with Crippen LogP contribution in [0.1, 0.15) is 40.5 Å². The van der Waals surface area contributed by atoms with E-state index in [2.05, 4.69) is 19.2 Å². The molecule has 1 rings (SSSR count). The Hall–Kier alpha value is -0.170. The van der Waals surface area contributed by atoms with Crippen LogP contribution in [-0.2, 0) is 14.8 Å². The van der Waals surface area contributed by atoms with Crippen LogP contribution in [0.3, 0.4) is 0 Å². The molecule has 1 fully saturated rings. The Balaban J connectivity index is 2.27. The van der Waals surface area contributed by atoms with Crippen LogP contribution < -0.4 is 5.32 Å². The van der Waals surface area contributed by atoms with E-state index in [1.54, 1.807) is 4.31 Å². The van der Waals surface area contributed by atoms with Gasteiger partial charge in [-0.2, -0.15) is 0 Å². The molecule has 1 aliphatic heterocycles. The van der Waals surface area contributed by atoms with Crippen LogP contribution in [0.25, 0.3) is 0 Å². The van der Waals surface area contributed by atoms with E-state index in [4.69, 9.17) is 4.74 Å². The fraction of sp³-hybridized carbons (Fsp3) is 1.00. The van der Waals surface area contributed by atoms with Gasteiger partial charge in [-0.25, -0.2) is 12.7 Å². The van der Waals surface area contributed by atoms with Gasteiger partial charge in [0.2, 0.25) is 10.0 Å². The molecule has 0 unspecified atom stereocenters. The molecule has 0 spiro atoms. The van der Waals surface area contributed by atoms with Crippen molar-refractivity contribution in [2.45, 2.75) is 46.6 Å². The first kappa shape index (κ1) is 18.9. The van der Waals surface area contributed by atoms with Crippen LogP contribution in [0.4, 0.5) is 0 Å². The highest BCUT2D eigenvalue weighted by Gasteiger charge is 2.27. The van der Waals surface area contributed by atoms with Gasteiger partial charge < -0.3 is 10.1 Å². The second kappa shape index (κ2) is 9.08. The van der Waals surface area contributed by atoms with Crippen LogP contribution in [0.15, 0.2) is 0 Å². The molecule has 6 heteroatoms. The molecule has 5 nitrogen and oxygen atoms in total. The smallest absolute Gasteiger partial charge is 0.216 e. The lowest BCUT2D eigenvalue weighted by atomic mass is 9.98. The quantitative estimate of drug-likeness (QED) is 0.702. The molecule has 21 heavy (non-hydrogen) atoms. The number of piperidine rings is 1. The van der Waals surface area contributed by atoms with Crippen molar-refractivity contribution in [3.05, 3.63) is 0 Å². The molecule has 0 aliphatic carbocycles. The predicted molar refractivity (Wildman–Crippen MR) is 86.9 cm³/mol. The topological polar surface area (TPSA) is 58.6 Å². The van der Waals surface area contributed by atoms with Gasteiger partial charge in [0.1, 0.15) is 0 Å². The minimum Gasteiger partial charge on any atom is -0.378 e.